The van der Waals surface area contributed by atoms with Gasteiger partial charge in [0.15, 0.2) is 0 Å². The minimum atomic E-state index is -3.58. The van der Waals surface area contributed by atoms with Gasteiger partial charge in [-0.3, -0.25) is 0 Å². The number of hydrogen-bond acceptors (Lipinski definition) is 3. The Labute approximate surface area is 103 Å². The third-order valence-corrected chi connectivity index (χ3v) is 3.55. The van der Waals surface area contributed by atoms with Crippen molar-refractivity contribution >= 4 is 10.0 Å². The maximum Gasteiger partial charge on any atom is 0.238 e. The Balaban J connectivity index is 2.41. The number of rotatable bonds is 7. The number of primary sulfonamides is 1. The van der Waals surface area contributed by atoms with Crippen molar-refractivity contribution in [3.05, 3.63) is 29.8 Å². The Morgan fingerprint density at radius 3 is 2.12 bits per heavy atom. The first-order valence-electron chi connectivity index (χ1n) is 5.76. The van der Waals surface area contributed by atoms with E-state index in [0.717, 1.165) is 37.7 Å². The van der Waals surface area contributed by atoms with Crippen molar-refractivity contribution in [1.82, 2.24) is 0 Å². The average molecular weight is 257 g/mol. The number of benzene rings is 1. The van der Waals surface area contributed by atoms with Crippen LogP contribution in [0, 0.1) is 0 Å². The minimum absolute atomic E-state index is 0.154. The highest BCUT2D eigenvalue weighted by atomic mass is 32.2. The van der Waals surface area contributed by atoms with Crippen LogP contribution in [0.25, 0.3) is 0 Å². The second kappa shape index (κ2) is 6.74. The highest BCUT2D eigenvalue weighted by Gasteiger charge is 2.06. The van der Waals surface area contributed by atoms with E-state index < -0.39 is 10.0 Å². The van der Waals surface area contributed by atoms with Gasteiger partial charge >= 0.3 is 0 Å². The van der Waals surface area contributed by atoms with Crippen LogP contribution < -0.4 is 5.14 Å². The predicted molar refractivity (Wildman–Crippen MR) is 67.1 cm³/mol. The molecule has 5 heteroatoms. The van der Waals surface area contributed by atoms with E-state index in [1.165, 1.54) is 0 Å². The molecule has 0 bridgehead atoms. The van der Waals surface area contributed by atoms with E-state index >= 15 is 0 Å². The zero-order chi connectivity index (χ0) is 12.7. The first-order valence-corrected chi connectivity index (χ1v) is 7.31. The maximum absolute atomic E-state index is 11.0. The predicted octanol–water partition coefficient (Wildman–Crippen LogP) is 1.43. The summed E-state index contributed by atoms with van der Waals surface area (Å²) in [7, 11) is -3.58. The summed E-state index contributed by atoms with van der Waals surface area (Å²) in [4.78, 5) is 0.154. The van der Waals surface area contributed by atoms with Crippen molar-refractivity contribution < 1.29 is 13.5 Å². The molecule has 0 aliphatic rings. The summed E-state index contributed by atoms with van der Waals surface area (Å²) in [6.45, 7) is 0.253. The van der Waals surface area contributed by atoms with Gasteiger partial charge in [0.2, 0.25) is 10.0 Å². The molecule has 0 aromatic heterocycles. The highest BCUT2D eigenvalue weighted by Crippen LogP contribution is 2.12. The van der Waals surface area contributed by atoms with Crippen LogP contribution in [-0.4, -0.2) is 20.1 Å². The molecular formula is C12H19NO3S. The molecule has 4 nitrogen and oxygen atoms in total. The molecule has 1 aromatic carbocycles. The summed E-state index contributed by atoms with van der Waals surface area (Å²) >= 11 is 0. The van der Waals surface area contributed by atoms with Gasteiger partial charge in [0, 0.05) is 6.61 Å². The molecule has 96 valence electrons. The first kappa shape index (κ1) is 14.2. The third-order valence-electron chi connectivity index (χ3n) is 2.63. The molecule has 0 saturated carbocycles. The molecule has 0 aliphatic carbocycles. The molecule has 0 heterocycles. The topological polar surface area (TPSA) is 80.4 Å². The van der Waals surface area contributed by atoms with E-state index in [0.29, 0.717) is 0 Å². The summed E-state index contributed by atoms with van der Waals surface area (Å²) in [6, 6.07) is 6.67. The second-order valence-electron chi connectivity index (χ2n) is 4.08. The SMILES string of the molecule is NS(=O)(=O)c1ccc(CCCCCCO)cc1. The number of unbranched alkanes of at least 4 members (excludes halogenated alkanes) is 3. The zero-order valence-electron chi connectivity index (χ0n) is 9.80. The number of hydrogen-bond donors (Lipinski definition) is 2. The van der Waals surface area contributed by atoms with Crippen molar-refractivity contribution in [2.24, 2.45) is 5.14 Å². The molecule has 0 spiro atoms. The molecule has 0 atom stereocenters. The minimum Gasteiger partial charge on any atom is -0.396 e. The van der Waals surface area contributed by atoms with Gasteiger partial charge in [-0.1, -0.05) is 25.0 Å². The Morgan fingerprint density at radius 1 is 1.00 bits per heavy atom. The monoisotopic (exact) mass is 257 g/mol. The summed E-state index contributed by atoms with van der Waals surface area (Å²) in [5, 5.41) is 13.6. The maximum atomic E-state index is 11.0. The quantitative estimate of drug-likeness (QED) is 0.725. The van der Waals surface area contributed by atoms with Gasteiger partial charge in [0.25, 0.3) is 0 Å². The first-order chi connectivity index (χ1) is 8.04. The molecule has 17 heavy (non-hydrogen) atoms. The number of aryl methyl sites for hydroxylation is 1. The van der Waals surface area contributed by atoms with Crippen LogP contribution in [0.1, 0.15) is 31.2 Å². The van der Waals surface area contributed by atoms with E-state index in [1.54, 1.807) is 24.3 Å². The van der Waals surface area contributed by atoms with Crippen molar-refractivity contribution in [3.63, 3.8) is 0 Å². The highest BCUT2D eigenvalue weighted by molar-refractivity contribution is 7.89. The van der Waals surface area contributed by atoms with Crippen molar-refractivity contribution in [2.45, 2.75) is 37.0 Å². The Morgan fingerprint density at radius 2 is 1.59 bits per heavy atom. The summed E-state index contributed by atoms with van der Waals surface area (Å²) in [5.74, 6) is 0. The van der Waals surface area contributed by atoms with Gasteiger partial charge in [0.05, 0.1) is 4.90 Å². The van der Waals surface area contributed by atoms with Crippen LogP contribution in [0.5, 0.6) is 0 Å². The van der Waals surface area contributed by atoms with Crippen LogP contribution in [0.3, 0.4) is 0 Å². The molecule has 1 rings (SSSR count). The average Bonchev–Trinajstić information content (AvgIpc) is 2.28. The number of aliphatic hydroxyl groups excluding tert-OH is 1. The van der Waals surface area contributed by atoms with E-state index in [4.69, 9.17) is 10.2 Å². The third kappa shape index (κ3) is 5.30. The fraction of sp³-hybridized carbons (Fsp3) is 0.500. The van der Waals surface area contributed by atoms with E-state index in [9.17, 15) is 8.42 Å². The van der Waals surface area contributed by atoms with E-state index in [1.807, 2.05) is 0 Å². The molecule has 0 unspecified atom stereocenters. The summed E-state index contributed by atoms with van der Waals surface area (Å²) < 4.78 is 22.1. The van der Waals surface area contributed by atoms with Gasteiger partial charge in [-0.25, -0.2) is 13.6 Å². The lowest BCUT2D eigenvalue weighted by atomic mass is 10.1. The lowest BCUT2D eigenvalue weighted by molar-refractivity contribution is 0.282. The second-order valence-corrected chi connectivity index (χ2v) is 5.64. The largest absolute Gasteiger partial charge is 0.396 e. The zero-order valence-corrected chi connectivity index (χ0v) is 10.6. The van der Waals surface area contributed by atoms with Gasteiger partial charge < -0.3 is 5.11 Å². The Bertz CT molecular complexity index is 426. The van der Waals surface area contributed by atoms with Crippen LogP contribution in [0.2, 0.25) is 0 Å². The van der Waals surface area contributed by atoms with E-state index in [-0.39, 0.29) is 11.5 Å². The standard InChI is InChI=1S/C12H19NO3S/c13-17(15,16)12-8-6-11(7-9-12)5-3-1-2-4-10-14/h6-9,14H,1-5,10H2,(H2,13,15,16). The van der Waals surface area contributed by atoms with Crippen molar-refractivity contribution in [2.75, 3.05) is 6.61 Å². The Hall–Kier alpha value is -0.910. The van der Waals surface area contributed by atoms with Gasteiger partial charge in [0.1, 0.15) is 0 Å². The fourth-order valence-corrected chi connectivity index (χ4v) is 2.16. The van der Waals surface area contributed by atoms with Gasteiger partial charge in [-0.2, -0.15) is 0 Å². The Kier molecular flexibility index (Phi) is 5.61. The summed E-state index contributed by atoms with van der Waals surface area (Å²) in [6.07, 6.45) is 4.94. The molecular weight excluding hydrogens is 238 g/mol. The summed E-state index contributed by atoms with van der Waals surface area (Å²) in [5.41, 5.74) is 1.11. The van der Waals surface area contributed by atoms with Crippen LogP contribution in [0.15, 0.2) is 29.2 Å². The van der Waals surface area contributed by atoms with Gasteiger partial charge in [-0.05, 0) is 37.0 Å². The molecule has 0 radical (unpaired) electrons. The number of aliphatic hydroxyl groups is 1. The fourth-order valence-electron chi connectivity index (χ4n) is 1.64. The number of nitrogens with two attached hydrogens (primary N) is 1. The molecule has 0 aliphatic heterocycles. The molecule has 0 saturated heterocycles. The smallest absolute Gasteiger partial charge is 0.238 e. The van der Waals surface area contributed by atoms with Gasteiger partial charge in [-0.15, -0.1) is 0 Å². The normalized spacial score (nSPS) is 11.6. The molecule has 0 fully saturated rings. The lowest BCUT2D eigenvalue weighted by Crippen LogP contribution is -2.11. The van der Waals surface area contributed by atoms with Crippen LogP contribution in [-0.2, 0) is 16.4 Å². The van der Waals surface area contributed by atoms with Crippen LogP contribution in [0.4, 0.5) is 0 Å². The van der Waals surface area contributed by atoms with Crippen LogP contribution >= 0.6 is 0 Å². The lowest BCUT2D eigenvalue weighted by Gasteiger charge is -2.03. The molecule has 0 amide bonds. The van der Waals surface area contributed by atoms with E-state index in [2.05, 4.69) is 0 Å². The van der Waals surface area contributed by atoms with Crippen molar-refractivity contribution in [3.8, 4) is 0 Å². The molecule has 3 N–H and O–H groups in total. The molecule has 1 aromatic rings. The van der Waals surface area contributed by atoms with Crippen molar-refractivity contribution in [1.29, 1.82) is 0 Å². The number of sulfonamides is 1.